The molecule has 26 heavy (non-hydrogen) atoms. The number of hydrogen-bond donors (Lipinski definition) is 1. The van der Waals surface area contributed by atoms with Gasteiger partial charge in [-0.25, -0.2) is 4.98 Å². The highest BCUT2D eigenvalue weighted by Gasteiger charge is 2.20. The molecule has 1 aliphatic rings. The molecule has 138 valence electrons. The summed E-state index contributed by atoms with van der Waals surface area (Å²) in [5, 5.41) is 3.33. The molecule has 0 spiro atoms. The number of rotatable bonds is 5. The minimum absolute atomic E-state index is 0.329. The number of halogens is 1. The van der Waals surface area contributed by atoms with E-state index in [4.69, 9.17) is 16.3 Å². The van der Waals surface area contributed by atoms with Crippen LogP contribution in [0.15, 0.2) is 24.4 Å². The number of benzene rings is 1. The Morgan fingerprint density at radius 1 is 1.31 bits per heavy atom. The van der Waals surface area contributed by atoms with Crippen molar-refractivity contribution in [1.29, 1.82) is 0 Å². The van der Waals surface area contributed by atoms with Crippen LogP contribution in [0.5, 0.6) is 5.75 Å². The number of anilines is 3. The first-order valence-corrected chi connectivity index (χ1v) is 8.81. The van der Waals surface area contributed by atoms with Gasteiger partial charge >= 0.3 is 0 Å². The lowest BCUT2D eigenvalue weighted by atomic mass is 10.2. The molecule has 1 fully saturated rings. The van der Waals surface area contributed by atoms with Crippen LogP contribution in [0.2, 0.25) is 5.02 Å². The number of nitrogens with zero attached hydrogens (tertiary/aromatic N) is 4. The quantitative estimate of drug-likeness (QED) is 0.866. The Kier molecular flexibility index (Phi) is 5.46. The summed E-state index contributed by atoms with van der Waals surface area (Å²) in [5.74, 6) is 1.46. The molecule has 1 aliphatic heterocycles. The maximum Gasteiger partial charge on any atom is 0.259 e. The van der Waals surface area contributed by atoms with Crippen molar-refractivity contribution in [3.63, 3.8) is 0 Å². The van der Waals surface area contributed by atoms with Crippen LogP contribution in [0.3, 0.4) is 0 Å². The third-order valence-corrected chi connectivity index (χ3v) is 4.46. The Bertz CT molecular complexity index is 806. The second-order valence-electron chi connectivity index (χ2n) is 6.29. The number of methoxy groups -OCH3 is 1. The predicted molar refractivity (Wildman–Crippen MR) is 104 cm³/mol. The van der Waals surface area contributed by atoms with Crippen molar-refractivity contribution in [3.8, 4) is 5.75 Å². The van der Waals surface area contributed by atoms with Crippen LogP contribution < -0.4 is 19.9 Å². The van der Waals surface area contributed by atoms with Crippen LogP contribution in [0.1, 0.15) is 23.2 Å². The minimum Gasteiger partial charge on any atom is -0.496 e. The number of carbonyl (C=O) groups is 1. The van der Waals surface area contributed by atoms with Crippen molar-refractivity contribution in [2.75, 3.05) is 49.4 Å². The molecule has 1 aromatic heterocycles. The van der Waals surface area contributed by atoms with E-state index in [1.807, 2.05) is 19.0 Å². The molecule has 0 unspecified atom stereocenters. The first-order chi connectivity index (χ1) is 12.5. The average molecular weight is 376 g/mol. The fourth-order valence-corrected chi connectivity index (χ4v) is 3.08. The highest BCUT2D eigenvalue weighted by Crippen LogP contribution is 2.28. The van der Waals surface area contributed by atoms with Crippen LogP contribution in [0, 0.1) is 0 Å². The normalized spacial score (nSPS) is 13.6. The molecule has 2 heterocycles. The highest BCUT2D eigenvalue weighted by molar-refractivity contribution is 6.31. The van der Waals surface area contributed by atoms with Crippen LogP contribution in [0.25, 0.3) is 0 Å². The zero-order valence-corrected chi connectivity index (χ0v) is 15.9. The molecule has 0 saturated carbocycles. The Labute approximate surface area is 157 Å². The van der Waals surface area contributed by atoms with E-state index < -0.39 is 0 Å². The number of aromatic nitrogens is 2. The van der Waals surface area contributed by atoms with Crippen molar-refractivity contribution >= 4 is 35.0 Å². The first-order valence-electron chi connectivity index (χ1n) is 8.44. The molecule has 1 N–H and O–H groups in total. The minimum atomic E-state index is -0.329. The number of hydrogen-bond acceptors (Lipinski definition) is 6. The van der Waals surface area contributed by atoms with E-state index in [0.717, 1.165) is 25.9 Å². The Morgan fingerprint density at radius 3 is 2.69 bits per heavy atom. The van der Waals surface area contributed by atoms with Gasteiger partial charge in [0, 0.05) is 32.2 Å². The number of carbonyl (C=O) groups excluding carboxylic acids is 1. The smallest absolute Gasteiger partial charge is 0.259 e. The van der Waals surface area contributed by atoms with Crippen molar-refractivity contribution in [3.05, 3.63) is 35.0 Å². The topological polar surface area (TPSA) is 70.6 Å². The Hall–Kier alpha value is -2.54. The number of amides is 1. The molecule has 1 aromatic carbocycles. The number of nitrogens with one attached hydrogen (secondary N) is 1. The van der Waals surface area contributed by atoms with Gasteiger partial charge in [0.05, 0.1) is 18.9 Å². The highest BCUT2D eigenvalue weighted by atomic mass is 35.5. The van der Waals surface area contributed by atoms with Crippen molar-refractivity contribution in [2.24, 2.45) is 0 Å². The number of ether oxygens (including phenoxy) is 1. The van der Waals surface area contributed by atoms with Gasteiger partial charge in [-0.3, -0.25) is 4.79 Å². The van der Waals surface area contributed by atoms with Crippen LogP contribution in [-0.2, 0) is 0 Å². The third kappa shape index (κ3) is 3.83. The predicted octanol–water partition coefficient (Wildman–Crippen LogP) is 3.06. The van der Waals surface area contributed by atoms with Crippen molar-refractivity contribution < 1.29 is 9.53 Å². The zero-order chi connectivity index (χ0) is 18.7. The van der Waals surface area contributed by atoms with Gasteiger partial charge in [-0.2, -0.15) is 4.98 Å². The largest absolute Gasteiger partial charge is 0.496 e. The van der Waals surface area contributed by atoms with Gasteiger partial charge in [0.1, 0.15) is 11.4 Å². The summed E-state index contributed by atoms with van der Waals surface area (Å²) in [4.78, 5) is 25.8. The van der Waals surface area contributed by atoms with Gasteiger partial charge in [0.25, 0.3) is 5.91 Å². The molecule has 8 heteroatoms. The second kappa shape index (κ2) is 7.78. The van der Waals surface area contributed by atoms with Gasteiger partial charge in [-0.15, -0.1) is 0 Å². The molecule has 1 amide bonds. The van der Waals surface area contributed by atoms with Crippen molar-refractivity contribution in [2.45, 2.75) is 12.8 Å². The monoisotopic (exact) mass is 375 g/mol. The Morgan fingerprint density at radius 2 is 2.04 bits per heavy atom. The first kappa shape index (κ1) is 18.3. The van der Waals surface area contributed by atoms with Gasteiger partial charge in [-0.1, -0.05) is 11.6 Å². The zero-order valence-electron chi connectivity index (χ0n) is 15.1. The summed E-state index contributed by atoms with van der Waals surface area (Å²) in [7, 11) is 5.27. The maximum absolute atomic E-state index is 12.7. The summed E-state index contributed by atoms with van der Waals surface area (Å²) in [6.45, 7) is 1.91. The third-order valence-electron chi connectivity index (χ3n) is 4.22. The molecule has 0 aliphatic carbocycles. The molecular formula is C18H22ClN5O2. The molecular weight excluding hydrogens is 354 g/mol. The summed E-state index contributed by atoms with van der Waals surface area (Å²) in [6, 6.07) is 4.91. The van der Waals surface area contributed by atoms with E-state index in [1.54, 1.807) is 24.4 Å². The van der Waals surface area contributed by atoms with Gasteiger partial charge in [0.2, 0.25) is 5.95 Å². The SMILES string of the molecule is COc1ccc(Cl)cc1C(=O)Nc1cnc(N2CCCC2)nc1N(C)C. The molecule has 3 rings (SSSR count). The summed E-state index contributed by atoms with van der Waals surface area (Å²) >= 11 is 6.02. The molecule has 7 nitrogen and oxygen atoms in total. The molecule has 1 saturated heterocycles. The fraction of sp³-hybridized carbons (Fsp3) is 0.389. The van der Waals surface area contributed by atoms with Gasteiger partial charge < -0.3 is 19.9 Å². The lowest BCUT2D eigenvalue weighted by Gasteiger charge is -2.21. The lowest BCUT2D eigenvalue weighted by Crippen LogP contribution is -2.24. The standard InChI is InChI=1S/C18H22ClN5O2/c1-23(2)16-14(11-20-18(22-16)24-8-4-5-9-24)21-17(25)13-10-12(19)6-7-15(13)26-3/h6-7,10-11H,4-5,8-9H2,1-3H3,(H,21,25). The van der Waals surface area contributed by atoms with E-state index >= 15 is 0 Å². The molecule has 0 radical (unpaired) electrons. The molecule has 0 atom stereocenters. The van der Waals surface area contributed by atoms with E-state index in [1.165, 1.54) is 7.11 Å². The second-order valence-corrected chi connectivity index (χ2v) is 6.73. The average Bonchev–Trinajstić information content (AvgIpc) is 3.16. The Balaban J connectivity index is 1.89. The summed E-state index contributed by atoms with van der Waals surface area (Å²) in [6.07, 6.45) is 3.94. The van der Waals surface area contributed by atoms with E-state index in [2.05, 4.69) is 20.2 Å². The van der Waals surface area contributed by atoms with Gasteiger partial charge in [0.15, 0.2) is 5.82 Å². The van der Waals surface area contributed by atoms with Crippen molar-refractivity contribution in [1.82, 2.24) is 9.97 Å². The van der Waals surface area contributed by atoms with E-state index in [-0.39, 0.29) is 5.91 Å². The molecule has 2 aromatic rings. The van der Waals surface area contributed by atoms with E-state index in [9.17, 15) is 4.79 Å². The van der Waals surface area contributed by atoms with E-state index in [0.29, 0.717) is 33.8 Å². The molecule has 0 bridgehead atoms. The summed E-state index contributed by atoms with van der Waals surface area (Å²) in [5.41, 5.74) is 0.887. The van der Waals surface area contributed by atoms with Crippen LogP contribution >= 0.6 is 11.6 Å². The van der Waals surface area contributed by atoms with Gasteiger partial charge in [-0.05, 0) is 31.0 Å². The lowest BCUT2D eigenvalue weighted by molar-refractivity contribution is 0.102. The maximum atomic E-state index is 12.7. The van der Waals surface area contributed by atoms with Crippen LogP contribution in [-0.4, -0.2) is 50.2 Å². The van der Waals surface area contributed by atoms with Crippen LogP contribution in [0.4, 0.5) is 17.5 Å². The summed E-state index contributed by atoms with van der Waals surface area (Å²) < 4.78 is 5.26. The fourth-order valence-electron chi connectivity index (χ4n) is 2.91.